The molecule has 0 aliphatic heterocycles. The van der Waals surface area contributed by atoms with Gasteiger partial charge in [0, 0.05) is 38.1 Å². The molecule has 0 aliphatic carbocycles. The molecular formula is C24H23F3N6O3S. The van der Waals surface area contributed by atoms with Crippen LogP contribution in [-0.2, 0) is 29.8 Å². The number of alkyl halides is 3. The lowest BCUT2D eigenvalue weighted by Crippen LogP contribution is -2.26. The summed E-state index contributed by atoms with van der Waals surface area (Å²) in [7, 11) is 0.882. The summed E-state index contributed by atoms with van der Waals surface area (Å²) in [6.07, 6.45) is -1.37. The number of rotatable bonds is 8. The number of sulfonamides is 1. The van der Waals surface area contributed by atoms with E-state index in [1.807, 2.05) is 0 Å². The standard InChI is InChI=1S/C24H23F3N6O3S/c1-32-14-21(28-15-32)19-12-18(37(34,35)33(2)13-16-4-6-17(36-3)7-5-16)8-9-20(19)29-23-11-10-22(30-31-23)24(25,26)27/h4-12,14-15H,13H2,1-3H3,(H,29,31). The molecule has 0 fully saturated rings. The third-order valence-corrected chi connectivity index (χ3v) is 7.26. The lowest BCUT2D eigenvalue weighted by atomic mass is 10.1. The van der Waals surface area contributed by atoms with Gasteiger partial charge in [-0.05, 0) is 48.0 Å². The Bertz CT molecular complexity index is 1490. The highest BCUT2D eigenvalue weighted by Gasteiger charge is 2.33. The molecule has 0 aliphatic rings. The maximum absolute atomic E-state index is 13.4. The minimum Gasteiger partial charge on any atom is -0.497 e. The number of halogens is 3. The Balaban J connectivity index is 1.66. The molecular weight excluding hydrogens is 509 g/mol. The van der Waals surface area contributed by atoms with Crippen LogP contribution in [0.2, 0.25) is 0 Å². The van der Waals surface area contributed by atoms with Gasteiger partial charge in [0.2, 0.25) is 10.0 Å². The quantitative estimate of drug-likeness (QED) is 0.357. The summed E-state index contributed by atoms with van der Waals surface area (Å²) in [5, 5.41) is 9.72. The highest BCUT2D eigenvalue weighted by atomic mass is 32.2. The highest BCUT2D eigenvalue weighted by Crippen LogP contribution is 2.33. The number of imidazole rings is 1. The predicted octanol–water partition coefficient (Wildman–Crippen LogP) is 4.47. The Morgan fingerprint density at radius 3 is 2.35 bits per heavy atom. The number of aromatic nitrogens is 4. The monoisotopic (exact) mass is 532 g/mol. The SMILES string of the molecule is COc1ccc(CN(C)S(=O)(=O)c2ccc(Nc3ccc(C(F)(F)F)nn3)c(-c3cn(C)cn3)c2)cc1. The van der Waals surface area contributed by atoms with E-state index in [9.17, 15) is 21.6 Å². The normalized spacial score (nSPS) is 12.1. The molecule has 2 heterocycles. The van der Waals surface area contributed by atoms with Crippen LogP contribution in [0, 0.1) is 0 Å². The van der Waals surface area contributed by atoms with Crippen molar-refractivity contribution >= 4 is 21.5 Å². The number of nitrogens with zero attached hydrogens (tertiary/aromatic N) is 5. The number of ether oxygens (including phenoxy) is 1. The molecule has 2 aromatic carbocycles. The summed E-state index contributed by atoms with van der Waals surface area (Å²) in [5.41, 5.74) is 0.922. The first kappa shape index (κ1) is 26.1. The Morgan fingerprint density at radius 1 is 1.05 bits per heavy atom. The summed E-state index contributed by atoms with van der Waals surface area (Å²) in [6, 6.07) is 13.4. The van der Waals surface area contributed by atoms with Crippen molar-refractivity contribution < 1.29 is 26.3 Å². The van der Waals surface area contributed by atoms with Crippen LogP contribution in [0.1, 0.15) is 11.3 Å². The lowest BCUT2D eigenvalue weighted by Gasteiger charge is -2.19. The van der Waals surface area contributed by atoms with Crippen LogP contribution in [0.4, 0.5) is 24.7 Å². The molecule has 0 radical (unpaired) electrons. The number of nitrogens with one attached hydrogen (secondary N) is 1. The maximum atomic E-state index is 13.4. The van der Waals surface area contributed by atoms with Crippen LogP contribution >= 0.6 is 0 Å². The van der Waals surface area contributed by atoms with Gasteiger partial charge in [-0.3, -0.25) is 0 Å². The zero-order valence-corrected chi connectivity index (χ0v) is 20.9. The Kier molecular flexibility index (Phi) is 7.18. The number of hydrogen-bond acceptors (Lipinski definition) is 7. The van der Waals surface area contributed by atoms with E-state index in [4.69, 9.17) is 4.74 Å². The summed E-state index contributed by atoms with van der Waals surface area (Å²) in [5.74, 6) is 0.715. The van der Waals surface area contributed by atoms with Crippen molar-refractivity contribution in [2.45, 2.75) is 17.6 Å². The van der Waals surface area contributed by atoms with Crippen LogP contribution < -0.4 is 10.1 Å². The number of hydrogen-bond donors (Lipinski definition) is 1. The molecule has 1 N–H and O–H groups in total. The topological polar surface area (TPSA) is 102 Å². The smallest absolute Gasteiger partial charge is 0.435 e. The maximum Gasteiger partial charge on any atom is 0.435 e. The zero-order chi connectivity index (χ0) is 26.8. The first-order valence-corrected chi connectivity index (χ1v) is 12.3. The van der Waals surface area contributed by atoms with Crippen LogP contribution in [-0.4, -0.2) is 46.6 Å². The van der Waals surface area contributed by atoms with E-state index in [1.165, 1.54) is 29.6 Å². The van der Waals surface area contributed by atoms with Crippen LogP contribution in [0.15, 0.2) is 72.0 Å². The second-order valence-electron chi connectivity index (χ2n) is 8.17. The summed E-state index contributed by atoms with van der Waals surface area (Å²) < 4.78 is 73.3. The molecule has 0 saturated carbocycles. The van der Waals surface area contributed by atoms with Crippen molar-refractivity contribution in [2.24, 2.45) is 7.05 Å². The fraction of sp³-hybridized carbons (Fsp3) is 0.208. The number of benzene rings is 2. The van der Waals surface area contributed by atoms with Gasteiger partial charge in [0.15, 0.2) is 11.5 Å². The Hall–Kier alpha value is -3.97. The zero-order valence-electron chi connectivity index (χ0n) is 20.1. The molecule has 2 aromatic heterocycles. The third-order valence-electron chi connectivity index (χ3n) is 5.46. The van der Waals surface area contributed by atoms with Crippen molar-refractivity contribution in [2.75, 3.05) is 19.5 Å². The first-order chi connectivity index (χ1) is 17.5. The van der Waals surface area contributed by atoms with Gasteiger partial charge in [-0.2, -0.15) is 17.5 Å². The van der Waals surface area contributed by atoms with Crippen molar-refractivity contribution in [3.05, 3.63) is 78.4 Å². The van der Waals surface area contributed by atoms with Gasteiger partial charge in [-0.1, -0.05) is 12.1 Å². The largest absolute Gasteiger partial charge is 0.497 e. The number of methoxy groups -OCH3 is 1. The van der Waals surface area contributed by atoms with Gasteiger partial charge in [-0.25, -0.2) is 13.4 Å². The molecule has 0 spiro atoms. The average molecular weight is 533 g/mol. The molecule has 0 bridgehead atoms. The second kappa shape index (κ2) is 10.2. The van der Waals surface area contributed by atoms with Crippen molar-refractivity contribution in [1.82, 2.24) is 24.1 Å². The summed E-state index contributed by atoms with van der Waals surface area (Å²) >= 11 is 0. The molecule has 0 amide bonds. The van der Waals surface area contributed by atoms with Gasteiger partial charge >= 0.3 is 6.18 Å². The minimum absolute atomic E-state index is 0.0215. The second-order valence-corrected chi connectivity index (χ2v) is 10.2. The van der Waals surface area contributed by atoms with E-state index in [2.05, 4.69) is 20.5 Å². The molecule has 4 aromatic rings. The van der Waals surface area contributed by atoms with E-state index < -0.39 is 21.9 Å². The summed E-state index contributed by atoms with van der Waals surface area (Å²) in [4.78, 5) is 4.33. The van der Waals surface area contributed by atoms with Crippen LogP contribution in [0.25, 0.3) is 11.3 Å². The lowest BCUT2D eigenvalue weighted by molar-refractivity contribution is -0.141. The fourth-order valence-electron chi connectivity index (χ4n) is 3.50. The molecule has 9 nitrogen and oxygen atoms in total. The van der Waals surface area contributed by atoms with Crippen molar-refractivity contribution in [3.63, 3.8) is 0 Å². The van der Waals surface area contributed by atoms with Gasteiger partial charge < -0.3 is 14.6 Å². The van der Waals surface area contributed by atoms with Crippen LogP contribution in [0.5, 0.6) is 5.75 Å². The van der Waals surface area contributed by atoms with Gasteiger partial charge in [0.1, 0.15) is 5.75 Å². The minimum atomic E-state index is -4.61. The molecule has 37 heavy (non-hydrogen) atoms. The average Bonchev–Trinajstić information content (AvgIpc) is 3.30. The Morgan fingerprint density at radius 2 is 1.78 bits per heavy atom. The van der Waals surface area contributed by atoms with E-state index in [0.717, 1.165) is 17.7 Å². The van der Waals surface area contributed by atoms with Crippen molar-refractivity contribution in [3.8, 4) is 17.0 Å². The van der Waals surface area contributed by atoms with E-state index in [1.54, 1.807) is 55.5 Å². The molecule has 0 unspecified atom stereocenters. The fourth-order valence-corrected chi connectivity index (χ4v) is 4.68. The van der Waals surface area contributed by atoms with Gasteiger partial charge in [0.25, 0.3) is 0 Å². The van der Waals surface area contributed by atoms with Crippen LogP contribution in [0.3, 0.4) is 0 Å². The number of anilines is 2. The predicted molar refractivity (Wildman–Crippen MR) is 131 cm³/mol. The van der Waals surface area contributed by atoms with E-state index in [-0.39, 0.29) is 17.3 Å². The molecule has 4 rings (SSSR count). The molecule has 0 saturated heterocycles. The summed E-state index contributed by atoms with van der Waals surface area (Å²) in [6.45, 7) is 0.131. The highest BCUT2D eigenvalue weighted by molar-refractivity contribution is 7.89. The molecule has 194 valence electrons. The number of aryl methyl sites for hydroxylation is 1. The van der Waals surface area contributed by atoms with E-state index in [0.29, 0.717) is 22.7 Å². The van der Waals surface area contributed by atoms with E-state index >= 15 is 0 Å². The molecule has 13 heteroatoms. The van der Waals surface area contributed by atoms with Crippen molar-refractivity contribution in [1.29, 1.82) is 0 Å². The van der Waals surface area contributed by atoms with Gasteiger partial charge in [0.05, 0.1) is 24.0 Å². The molecule has 0 atom stereocenters. The first-order valence-electron chi connectivity index (χ1n) is 10.9. The third kappa shape index (κ3) is 5.89. The van der Waals surface area contributed by atoms with Gasteiger partial charge in [-0.15, -0.1) is 10.2 Å². The Labute approximate surface area is 211 Å².